The lowest BCUT2D eigenvalue weighted by Gasteiger charge is -2.11. The SMILES string of the molecule is c1ccc(-c2nnc(-c3cccc(-c4nnc(-c5ccccc5)c(-c5ccccc5)n4)c3)nc2-c2ccccc2)cc1. The summed E-state index contributed by atoms with van der Waals surface area (Å²) in [6.07, 6.45) is 0. The second-order valence-corrected chi connectivity index (χ2v) is 9.71. The lowest BCUT2D eigenvalue weighted by molar-refractivity contribution is 0.986. The summed E-state index contributed by atoms with van der Waals surface area (Å²) in [6.45, 7) is 0. The van der Waals surface area contributed by atoms with Gasteiger partial charge in [0.15, 0.2) is 11.6 Å². The largest absolute Gasteiger partial charge is 0.224 e. The quantitative estimate of drug-likeness (QED) is 0.212. The molecule has 5 aromatic carbocycles. The molecule has 0 amide bonds. The van der Waals surface area contributed by atoms with Gasteiger partial charge in [-0.3, -0.25) is 0 Å². The van der Waals surface area contributed by atoms with Crippen molar-refractivity contribution in [3.63, 3.8) is 0 Å². The lowest BCUT2D eigenvalue weighted by Crippen LogP contribution is -2.01. The predicted octanol–water partition coefficient (Wildman–Crippen LogP) is 8.06. The van der Waals surface area contributed by atoms with Crippen LogP contribution in [-0.2, 0) is 0 Å². The molecule has 0 atom stereocenters. The van der Waals surface area contributed by atoms with Crippen molar-refractivity contribution in [3.8, 4) is 67.8 Å². The van der Waals surface area contributed by atoms with Gasteiger partial charge < -0.3 is 0 Å². The minimum absolute atomic E-state index is 0.521. The third-order valence-electron chi connectivity index (χ3n) is 6.94. The first kappa shape index (κ1) is 25.1. The Hall–Kier alpha value is -5.88. The third kappa shape index (κ3) is 5.05. The Bertz CT molecular complexity index is 1820. The summed E-state index contributed by atoms with van der Waals surface area (Å²) in [5.41, 5.74) is 8.51. The highest BCUT2D eigenvalue weighted by atomic mass is 15.2. The van der Waals surface area contributed by atoms with E-state index in [9.17, 15) is 0 Å². The second-order valence-electron chi connectivity index (χ2n) is 9.71. The van der Waals surface area contributed by atoms with Crippen molar-refractivity contribution < 1.29 is 0 Å². The van der Waals surface area contributed by atoms with Gasteiger partial charge in [-0.25, -0.2) is 9.97 Å². The molecular weight excluding hydrogens is 516 g/mol. The molecule has 42 heavy (non-hydrogen) atoms. The molecule has 6 heteroatoms. The predicted molar refractivity (Wildman–Crippen MR) is 166 cm³/mol. The molecule has 0 aliphatic rings. The van der Waals surface area contributed by atoms with Crippen molar-refractivity contribution >= 4 is 0 Å². The van der Waals surface area contributed by atoms with E-state index in [1.807, 2.05) is 146 Å². The second kappa shape index (κ2) is 11.3. The highest BCUT2D eigenvalue weighted by Gasteiger charge is 2.17. The topological polar surface area (TPSA) is 77.3 Å². The average Bonchev–Trinajstić information content (AvgIpc) is 3.09. The van der Waals surface area contributed by atoms with Crippen LogP contribution in [0.15, 0.2) is 146 Å². The van der Waals surface area contributed by atoms with Gasteiger partial charge in [0.05, 0.1) is 0 Å². The monoisotopic (exact) mass is 540 g/mol. The zero-order chi connectivity index (χ0) is 28.1. The van der Waals surface area contributed by atoms with Crippen molar-refractivity contribution in [2.45, 2.75) is 0 Å². The van der Waals surface area contributed by atoms with Gasteiger partial charge in [0.25, 0.3) is 0 Å². The normalized spacial score (nSPS) is 10.9. The summed E-state index contributed by atoms with van der Waals surface area (Å²) in [5, 5.41) is 18.4. The molecule has 0 unspecified atom stereocenters. The molecule has 0 saturated carbocycles. The zero-order valence-corrected chi connectivity index (χ0v) is 22.5. The molecule has 0 N–H and O–H groups in total. The van der Waals surface area contributed by atoms with Crippen molar-refractivity contribution in [1.29, 1.82) is 0 Å². The fourth-order valence-electron chi connectivity index (χ4n) is 4.87. The molecule has 2 heterocycles. The molecule has 2 aromatic heterocycles. The van der Waals surface area contributed by atoms with E-state index < -0.39 is 0 Å². The van der Waals surface area contributed by atoms with Crippen LogP contribution in [0.4, 0.5) is 0 Å². The smallest absolute Gasteiger partial charge is 0.182 e. The highest BCUT2D eigenvalue weighted by Crippen LogP contribution is 2.32. The fraction of sp³-hybridized carbons (Fsp3) is 0. The molecule has 0 aliphatic heterocycles. The van der Waals surface area contributed by atoms with Gasteiger partial charge in [0.2, 0.25) is 0 Å². The molecule has 7 aromatic rings. The maximum absolute atomic E-state index is 5.01. The van der Waals surface area contributed by atoms with Gasteiger partial charge in [-0.05, 0) is 6.07 Å². The minimum atomic E-state index is 0.521. The van der Waals surface area contributed by atoms with Gasteiger partial charge in [-0.1, -0.05) is 140 Å². The summed E-state index contributed by atoms with van der Waals surface area (Å²) in [7, 11) is 0. The Morgan fingerprint density at radius 1 is 0.262 bits per heavy atom. The van der Waals surface area contributed by atoms with Gasteiger partial charge in [0.1, 0.15) is 22.8 Å². The summed E-state index contributed by atoms with van der Waals surface area (Å²) < 4.78 is 0. The first-order valence-electron chi connectivity index (χ1n) is 13.7. The first-order valence-corrected chi connectivity index (χ1v) is 13.7. The molecule has 6 nitrogen and oxygen atoms in total. The van der Waals surface area contributed by atoms with Gasteiger partial charge in [-0.15, -0.1) is 20.4 Å². The standard InChI is InChI=1S/C36H24N6/c1-5-14-25(15-6-1)31-33(27-18-9-3-10-19-27)39-41-35(37-31)29-22-13-23-30(24-29)36-38-32(26-16-7-2-8-17-26)34(40-42-36)28-20-11-4-12-21-28/h1-24H. The van der Waals surface area contributed by atoms with Crippen molar-refractivity contribution in [1.82, 2.24) is 30.4 Å². The maximum Gasteiger partial charge on any atom is 0.182 e. The molecule has 0 spiro atoms. The Morgan fingerprint density at radius 3 is 0.929 bits per heavy atom. The van der Waals surface area contributed by atoms with E-state index in [1.54, 1.807) is 0 Å². The van der Waals surface area contributed by atoms with E-state index in [0.717, 1.165) is 56.2 Å². The summed E-state index contributed by atoms with van der Waals surface area (Å²) in [4.78, 5) is 10.0. The molecule has 0 saturated heterocycles. The number of hydrogen-bond donors (Lipinski definition) is 0. The number of aromatic nitrogens is 6. The number of rotatable bonds is 6. The molecule has 198 valence electrons. The van der Waals surface area contributed by atoms with Crippen LogP contribution in [0.5, 0.6) is 0 Å². The Morgan fingerprint density at radius 2 is 0.571 bits per heavy atom. The van der Waals surface area contributed by atoms with Crippen molar-refractivity contribution in [3.05, 3.63) is 146 Å². The van der Waals surface area contributed by atoms with Crippen LogP contribution in [0, 0.1) is 0 Å². The lowest BCUT2D eigenvalue weighted by atomic mass is 10.0. The highest BCUT2D eigenvalue weighted by molar-refractivity contribution is 5.80. The van der Waals surface area contributed by atoms with Crippen LogP contribution in [0.3, 0.4) is 0 Å². The Balaban J connectivity index is 1.33. The van der Waals surface area contributed by atoms with Gasteiger partial charge >= 0.3 is 0 Å². The Kier molecular flexibility index (Phi) is 6.76. The van der Waals surface area contributed by atoms with E-state index in [0.29, 0.717) is 11.6 Å². The number of nitrogens with zero attached hydrogens (tertiary/aromatic N) is 6. The summed E-state index contributed by atoms with van der Waals surface area (Å²) in [6, 6.07) is 48.0. The molecule has 7 rings (SSSR count). The van der Waals surface area contributed by atoms with E-state index in [2.05, 4.69) is 20.4 Å². The van der Waals surface area contributed by atoms with E-state index in [4.69, 9.17) is 9.97 Å². The molecular formula is C36H24N6. The zero-order valence-electron chi connectivity index (χ0n) is 22.5. The van der Waals surface area contributed by atoms with Gasteiger partial charge in [0, 0.05) is 33.4 Å². The molecule has 0 radical (unpaired) electrons. The van der Waals surface area contributed by atoms with E-state index in [-0.39, 0.29) is 0 Å². The summed E-state index contributed by atoms with van der Waals surface area (Å²) in [5.74, 6) is 1.04. The van der Waals surface area contributed by atoms with Crippen LogP contribution in [-0.4, -0.2) is 30.4 Å². The Labute approximate surface area is 243 Å². The minimum Gasteiger partial charge on any atom is -0.224 e. The third-order valence-corrected chi connectivity index (χ3v) is 6.94. The van der Waals surface area contributed by atoms with Crippen LogP contribution < -0.4 is 0 Å². The van der Waals surface area contributed by atoms with Crippen molar-refractivity contribution in [2.75, 3.05) is 0 Å². The van der Waals surface area contributed by atoms with E-state index >= 15 is 0 Å². The van der Waals surface area contributed by atoms with Crippen LogP contribution in [0.25, 0.3) is 67.8 Å². The number of benzene rings is 5. The van der Waals surface area contributed by atoms with Crippen LogP contribution in [0.1, 0.15) is 0 Å². The first-order chi connectivity index (χ1) is 20.8. The molecule has 0 bridgehead atoms. The van der Waals surface area contributed by atoms with E-state index in [1.165, 1.54) is 0 Å². The fourth-order valence-corrected chi connectivity index (χ4v) is 4.87. The number of hydrogen-bond acceptors (Lipinski definition) is 6. The molecule has 0 aliphatic carbocycles. The van der Waals surface area contributed by atoms with Crippen LogP contribution in [0.2, 0.25) is 0 Å². The van der Waals surface area contributed by atoms with Crippen LogP contribution >= 0.6 is 0 Å². The van der Waals surface area contributed by atoms with Crippen molar-refractivity contribution in [2.24, 2.45) is 0 Å². The average molecular weight is 541 g/mol. The summed E-state index contributed by atoms with van der Waals surface area (Å²) >= 11 is 0. The molecule has 0 fully saturated rings. The van der Waals surface area contributed by atoms with Gasteiger partial charge in [-0.2, -0.15) is 0 Å². The maximum atomic E-state index is 5.01.